The molecule has 1 aliphatic heterocycles. The van der Waals surface area contributed by atoms with Crippen molar-refractivity contribution in [3.05, 3.63) is 71.1 Å². The number of nitrogens with two attached hydrogens (primary N) is 1. The maximum Gasteiger partial charge on any atom is 0.330 e. The zero-order valence-corrected chi connectivity index (χ0v) is 17.2. The van der Waals surface area contributed by atoms with Crippen molar-refractivity contribution >= 4 is 52.8 Å². The van der Waals surface area contributed by atoms with Gasteiger partial charge in [-0.15, -0.1) is 0 Å². The van der Waals surface area contributed by atoms with E-state index in [4.69, 9.17) is 17.3 Å². The molecule has 4 rings (SSSR count). The van der Waals surface area contributed by atoms with E-state index >= 15 is 0 Å². The van der Waals surface area contributed by atoms with Crippen LogP contribution >= 0.6 is 11.6 Å². The number of nitrogens with one attached hydrogen (secondary N) is 1. The molecular formula is C21H18ClN7O2. The Morgan fingerprint density at radius 2 is 2.10 bits per heavy atom. The predicted octanol–water partition coefficient (Wildman–Crippen LogP) is 3.34. The maximum atomic E-state index is 12.9. The Hall–Kier alpha value is -3.98. The van der Waals surface area contributed by atoms with Crippen LogP contribution in [0.15, 0.2) is 54.9 Å². The standard InChI is InChI=1S/C21H18ClN7O2/c1-28-19-13(11-25-20(23)27-19)12-29(21(28)31)17-10-15(5-7-16(17)22)26-18(30)8-6-14-4-2-3-9-24-14/h2-11H,12H2,1H3,(H,26,30)(H2,23,25,27)/b8-6-. The van der Waals surface area contributed by atoms with E-state index in [0.29, 0.717) is 27.9 Å². The average molecular weight is 436 g/mol. The summed E-state index contributed by atoms with van der Waals surface area (Å²) in [5.41, 5.74) is 7.97. The van der Waals surface area contributed by atoms with Crippen molar-refractivity contribution in [3.8, 4) is 0 Å². The van der Waals surface area contributed by atoms with Crippen molar-refractivity contribution in [1.82, 2.24) is 15.0 Å². The van der Waals surface area contributed by atoms with Gasteiger partial charge in [0.1, 0.15) is 5.82 Å². The van der Waals surface area contributed by atoms with Gasteiger partial charge in [0.2, 0.25) is 11.9 Å². The van der Waals surface area contributed by atoms with Gasteiger partial charge in [-0.25, -0.2) is 9.78 Å². The Morgan fingerprint density at radius 3 is 2.87 bits per heavy atom. The third kappa shape index (κ3) is 4.31. The summed E-state index contributed by atoms with van der Waals surface area (Å²) in [6, 6.07) is 10.0. The van der Waals surface area contributed by atoms with E-state index in [-0.39, 0.29) is 24.4 Å². The summed E-state index contributed by atoms with van der Waals surface area (Å²) < 4.78 is 0. The highest BCUT2D eigenvalue weighted by atomic mass is 35.5. The minimum absolute atomic E-state index is 0.0911. The number of pyridine rings is 1. The van der Waals surface area contributed by atoms with Gasteiger partial charge >= 0.3 is 6.03 Å². The first kappa shape index (κ1) is 20.3. The third-order valence-electron chi connectivity index (χ3n) is 4.62. The van der Waals surface area contributed by atoms with Gasteiger partial charge in [-0.05, 0) is 36.4 Å². The summed E-state index contributed by atoms with van der Waals surface area (Å²) in [4.78, 5) is 40.4. The zero-order valence-electron chi connectivity index (χ0n) is 16.5. The molecule has 0 bridgehead atoms. The molecule has 0 unspecified atom stereocenters. The van der Waals surface area contributed by atoms with Crippen LogP contribution in [0.2, 0.25) is 5.02 Å². The molecule has 2 aromatic heterocycles. The fraction of sp³-hybridized carbons (Fsp3) is 0.0952. The molecule has 0 aliphatic carbocycles. The lowest BCUT2D eigenvalue weighted by Crippen LogP contribution is -2.46. The first-order valence-corrected chi connectivity index (χ1v) is 9.66. The number of anilines is 4. The van der Waals surface area contributed by atoms with Gasteiger partial charge in [-0.3, -0.25) is 19.6 Å². The number of rotatable bonds is 4. The second-order valence-electron chi connectivity index (χ2n) is 6.75. The van der Waals surface area contributed by atoms with Crippen LogP contribution in [0.25, 0.3) is 6.08 Å². The number of carbonyl (C=O) groups excluding carboxylic acids is 2. The van der Waals surface area contributed by atoms with Gasteiger partial charge in [-0.2, -0.15) is 4.98 Å². The fourth-order valence-corrected chi connectivity index (χ4v) is 3.35. The van der Waals surface area contributed by atoms with Crippen LogP contribution in [0.3, 0.4) is 0 Å². The van der Waals surface area contributed by atoms with E-state index < -0.39 is 0 Å². The molecule has 3 N–H and O–H groups in total. The largest absolute Gasteiger partial charge is 0.368 e. The van der Waals surface area contributed by atoms with Crippen molar-refractivity contribution in [2.75, 3.05) is 27.9 Å². The number of hydrogen-bond acceptors (Lipinski definition) is 6. The Labute approximate surface area is 183 Å². The second-order valence-corrected chi connectivity index (χ2v) is 7.16. The smallest absolute Gasteiger partial charge is 0.330 e. The SMILES string of the molecule is CN1C(=O)N(c2cc(NC(=O)/C=C\c3ccccn3)ccc2Cl)Cc2cnc(N)nc21. The maximum absolute atomic E-state index is 12.9. The van der Waals surface area contributed by atoms with E-state index in [2.05, 4.69) is 20.3 Å². The average Bonchev–Trinajstić information content (AvgIpc) is 2.77. The summed E-state index contributed by atoms with van der Waals surface area (Å²) in [5, 5.41) is 3.13. The van der Waals surface area contributed by atoms with E-state index in [1.165, 1.54) is 15.9 Å². The van der Waals surface area contributed by atoms with E-state index in [9.17, 15) is 9.59 Å². The number of nitrogen functional groups attached to an aromatic ring is 1. The number of aromatic nitrogens is 3. The molecule has 3 amide bonds. The molecule has 31 heavy (non-hydrogen) atoms. The first-order valence-electron chi connectivity index (χ1n) is 9.28. The number of benzene rings is 1. The Bertz CT molecular complexity index is 1180. The summed E-state index contributed by atoms with van der Waals surface area (Å²) in [6.45, 7) is 0.218. The van der Waals surface area contributed by atoms with Gasteiger partial charge in [0.25, 0.3) is 0 Å². The van der Waals surface area contributed by atoms with Crippen LogP contribution in [0.4, 0.5) is 27.9 Å². The normalized spacial score (nSPS) is 13.4. The van der Waals surface area contributed by atoms with E-state index in [1.54, 1.807) is 55.8 Å². The number of hydrogen-bond donors (Lipinski definition) is 2. The second kappa shape index (κ2) is 8.41. The monoisotopic (exact) mass is 435 g/mol. The Kier molecular flexibility index (Phi) is 5.50. The van der Waals surface area contributed by atoms with Crippen molar-refractivity contribution in [1.29, 1.82) is 0 Å². The van der Waals surface area contributed by atoms with Crippen molar-refractivity contribution in [2.24, 2.45) is 0 Å². The van der Waals surface area contributed by atoms with Crippen LogP contribution in [-0.2, 0) is 11.3 Å². The fourth-order valence-electron chi connectivity index (χ4n) is 3.13. The molecule has 3 aromatic rings. The zero-order chi connectivity index (χ0) is 22.0. The molecule has 0 fully saturated rings. The molecule has 3 heterocycles. The van der Waals surface area contributed by atoms with E-state index in [0.717, 1.165) is 5.56 Å². The molecule has 0 saturated heterocycles. The topological polar surface area (TPSA) is 117 Å². The lowest BCUT2D eigenvalue weighted by molar-refractivity contribution is -0.111. The minimum Gasteiger partial charge on any atom is -0.368 e. The molecule has 9 nitrogen and oxygen atoms in total. The molecular weight excluding hydrogens is 418 g/mol. The van der Waals surface area contributed by atoms with Gasteiger partial charge < -0.3 is 11.1 Å². The van der Waals surface area contributed by atoms with Crippen LogP contribution < -0.4 is 20.9 Å². The van der Waals surface area contributed by atoms with Crippen molar-refractivity contribution in [3.63, 3.8) is 0 Å². The quantitative estimate of drug-likeness (QED) is 0.607. The number of fused-ring (bicyclic) bond motifs is 1. The number of halogens is 1. The summed E-state index contributed by atoms with van der Waals surface area (Å²) >= 11 is 6.37. The summed E-state index contributed by atoms with van der Waals surface area (Å²) in [6.07, 6.45) is 6.22. The Morgan fingerprint density at radius 1 is 1.26 bits per heavy atom. The lowest BCUT2D eigenvalue weighted by atomic mass is 10.2. The molecule has 1 aliphatic rings. The molecule has 0 atom stereocenters. The van der Waals surface area contributed by atoms with Gasteiger partial charge in [-0.1, -0.05) is 17.7 Å². The van der Waals surface area contributed by atoms with Crippen LogP contribution in [0.5, 0.6) is 0 Å². The lowest BCUT2D eigenvalue weighted by Gasteiger charge is -2.34. The number of carbonyl (C=O) groups is 2. The third-order valence-corrected chi connectivity index (χ3v) is 4.94. The molecule has 156 valence electrons. The Balaban J connectivity index is 1.57. The highest BCUT2D eigenvalue weighted by Crippen LogP contribution is 2.35. The van der Waals surface area contributed by atoms with Gasteiger partial charge in [0, 0.05) is 36.8 Å². The van der Waals surface area contributed by atoms with Crippen LogP contribution in [0, 0.1) is 0 Å². The predicted molar refractivity (Wildman–Crippen MR) is 120 cm³/mol. The number of nitrogens with zero attached hydrogens (tertiary/aromatic N) is 5. The molecule has 10 heteroatoms. The van der Waals surface area contributed by atoms with Gasteiger partial charge in [0.15, 0.2) is 0 Å². The van der Waals surface area contributed by atoms with Crippen molar-refractivity contribution < 1.29 is 9.59 Å². The summed E-state index contributed by atoms with van der Waals surface area (Å²) in [7, 11) is 1.60. The highest BCUT2D eigenvalue weighted by molar-refractivity contribution is 6.34. The van der Waals surface area contributed by atoms with Crippen LogP contribution in [-0.4, -0.2) is 33.9 Å². The van der Waals surface area contributed by atoms with Gasteiger partial charge in [0.05, 0.1) is 22.9 Å². The number of amides is 3. The first-order chi connectivity index (χ1) is 14.9. The summed E-state index contributed by atoms with van der Waals surface area (Å²) in [5.74, 6) is 0.206. The molecule has 0 saturated carbocycles. The van der Waals surface area contributed by atoms with Crippen LogP contribution in [0.1, 0.15) is 11.3 Å². The van der Waals surface area contributed by atoms with E-state index in [1.807, 2.05) is 6.07 Å². The molecule has 1 aromatic carbocycles. The minimum atomic E-state index is -0.338. The highest BCUT2D eigenvalue weighted by Gasteiger charge is 2.31. The number of urea groups is 1. The molecule has 0 radical (unpaired) electrons. The van der Waals surface area contributed by atoms with Crippen molar-refractivity contribution in [2.45, 2.75) is 6.54 Å². The molecule has 0 spiro atoms.